The fourth-order valence-corrected chi connectivity index (χ4v) is 2.88. The minimum atomic E-state index is 0.170. The normalized spacial score (nSPS) is 16.4. The summed E-state index contributed by atoms with van der Waals surface area (Å²) in [6.07, 6.45) is 2.22. The van der Waals surface area contributed by atoms with Gasteiger partial charge in [0.2, 0.25) is 0 Å². The Kier molecular flexibility index (Phi) is 5.57. The van der Waals surface area contributed by atoms with Gasteiger partial charge in [-0.15, -0.1) is 0 Å². The average molecular weight is 262 g/mol. The van der Waals surface area contributed by atoms with Gasteiger partial charge in [0.1, 0.15) is 0 Å². The minimum absolute atomic E-state index is 0.170. The van der Waals surface area contributed by atoms with E-state index in [1.165, 1.54) is 16.7 Å². The molecule has 0 heterocycles. The molecule has 19 heavy (non-hydrogen) atoms. The van der Waals surface area contributed by atoms with E-state index >= 15 is 0 Å². The van der Waals surface area contributed by atoms with Crippen molar-refractivity contribution in [3.63, 3.8) is 0 Å². The van der Waals surface area contributed by atoms with Crippen LogP contribution in [0, 0.1) is 13.8 Å². The van der Waals surface area contributed by atoms with Crippen molar-refractivity contribution in [1.29, 1.82) is 0 Å². The van der Waals surface area contributed by atoms with Crippen LogP contribution in [0.25, 0.3) is 0 Å². The molecule has 2 heteroatoms. The van der Waals surface area contributed by atoms with Crippen LogP contribution in [0.3, 0.4) is 0 Å². The standard InChI is InChI=1S/C17H30N2/c1-8-17(4,19(6)7)16(18-5)12-15-13(2)10-9-11-14(15)3/h9-11,16,18H,8,12H2,1-7H3. The van der Waals surface area contributed by atoms with Crippen molar-refractivity contribution in [3.05, 3.63) is 34.9 Å². The van der Waals surface area contributed by atoms with Crippen LogP contribution in [-0.4, -0.2) is 37.6 Å². The van der Waals surface area contributed by atoms with E-state index in [0.29, 0.717) is 6.04 Å². The van der Waals surface area contributed by atoms with Crippen LogP contribution in [0.4, 0.5) is 0 Å². The van der Waals surface area contributed by atoms with Gasteiger partial charge in [-0.05, 0) is 71.4 Å². The minimum Gasteiger partial charge on any atom is -0.315 e. The average Bonchev–Trinajstić information content (AvgIpc) is 2.37. The Hall–Kier alpha value is -0.860. The topological polar surface area (TPSA) is 15.3 Å². The molecule has 1 N–H and O–H groups in total. The molecule has 2 unspecified atom stereocenters. The summed E-state index contributed by atoms with van der Waals surface area (Å²) in [4.78, 5) is 2.35. The van der Waals surface area contributed by atoms with Gasteiger partial charge in [0.05, 0.1) is 0 Å². The second kappa shape index (κ2) is 6.53. The van der Waals surface area contributed by atoms with E-state index in [-0.39, 0.29) is 5.54 Å². The number of likely N-dealkylation sites (N-methyl/N-ethyl adjacent to an activating group) is 2. The lowest BCUT2D eigenvalue weighted by molar-refractivity contribution is 0.116. The van der Waals surface area contributed by atoms with E-state index in [1.54, 1.807) is 0 Å². The molecule has 0 spiro atoms. The molecule has 0 amide bonds. The highest BCUT2D eigenvalue weighted by Gasteiger charge is 2.34. The van der Waals surface area contributed by atoms with Crippen LogP contribution in [0.1, 0.15) is 37.0 Å². The zero-order chi connectivity index (χ0) is 14.6. The van der Waals surface area contributed by atoms with Gasteiger partial charge in [-0.3, -0.25) is 0 Å². The van der Waals surface area contributed by atoms with Crippen LogP contribution in [-0.2, 0) is 6.42 Å². The third kappa shape index (κ3) is 3.37. The molecule has 1 rings (SSSR count). The summed E-state index contributed by atoms with van der Waals surface area (Å²) in [7, 11) is 6.44. The van der Waals surface area contributed by atoms with Gasteiger partial charge >= 0.3 is 0 Å². The predicted octanol–water partition coefficient (Wildman–Crippen LogP) is 3.16. The van der Waals surface area contributed by atoms with E-state index < -0.39 is 0 Å². The molecule has 2 atom stereocenters. The number of aryl methyl sites for hydroxylation is 2. The highest BCUT2D eigenvalue weighted by Crippen LogP contribution is 2.26. The number of hydrogen-bond acceptors (Lipinski definition) is 2. The van der Waals surface area contributed by atoms with E-state index in [2.05, 4.69) is 77.3 Å². The van der Waals surface area contributed by atoms with Gasteiger partial charge in [0.25, 0.3) is 0 Å². The highest BCUT2D eigenvalue weighted by atomic mass is 15.2. The van der Waals surface area contributed by atoms with Gasteiger partial charge in [0.15, 0.2) is 0 Å². The zero-order valence-corrected chi connectivity index (χ0v) is 13.7. The zero-order valence-electron chi connectivity index (χ0n) is 13.7. The van der Waals surface area contributed by atoms with Crippen molar-refractivity contribution in [2.75, 3.05) is 21.1 Å². The van der Waals surface area contributed by atoms with Crippen molar-refractivity contribution in [1.82, 2.24) is 10.2 Å². The van der Waals surface area contributed by atoms with Gasteiger partial charge in [-0.1, -0.05) is 25.1 Å². The first-order valence-corrected chi connectivity index (χ1v) is 7.26. The first kappa shape index (κ1) is 16.2. The van der Waals surface area contributed by atoms with Gasteiger partial charge in [0, 0.05) is 11.6 Å². The highest BCUT2D eigenvalue weighted by molar-refractivity contribution is 5.34. The fourth-order valence-electron chi connectivity index (χ4n) is 2.88. The predicted molar refractivity (Wildman–Crippen MR) is 84.9 cm³/mol. The maximum Gasteiger partial charge on any atom is 0.0328 e. The third-order valence-corrected chi connectivity index (χ3v) is 4.89. The second-order valence-electron chi connectivity index (χ2n) is 6.02. The van der Waals surface area contributed by atoms with Gasteiger partial charge in [-0.2, -0.15) is 0 Å². The molecule has 0 bridgehead atoms. The van der Waals surface area contributed by atoms with Crippen molar-refractivity contribution in [3.8, 4) is 0 Å². The SMILES string of the molecule is CCC(C)(C(Cc1c(C)cccc1C)NC)N(C)C. The van der Waals surface area contributed by atoms with Crippen LogP contribution in [0.2, 0.25) is 0 Å². The summed E-state index contributed by atoms with van der Waals surface area (Å²) in [5.41, 5.74) is 4.46. The number of nitrogens with zero attached hydrogens (tertiary/aromatic N) is 1. The number of benzene rings is 1. The maximum absolute atomic E-state index is 3.54. The van der Waals surface area contributed by atoms with E-state index in [0.717, 1.165) is 12.8 Å². The van der Waals surface area contributed by atoms with Gasteiger partial charge in [-0.25, -0.2) is 0 Å². The Bertz CT molecular complexity index is 391. The molecule has 0 aliphatic heterocycles. The molecular weight excluding hydrogens is 232 g/mol. The third-order valence-electron chi connectivity index (χ3n) is 4.89. The largest absolute Gasteiger partial charge is 0.315 e. The van der Waals surface area contributed by atoms with Crippen LogP contribution >= 0.6 is 0 Å². The number of hydrogen-bond donors (Lipinski definition) is 1. The summed E-state index contributed by atoms with van der Waals surface area (Å²) >= 11 is 0. The lowest BCUT2D eigenvalue weighted by Crippen LogP contribution is -2.57. The molecule has 0 radical (unpaired) electrons. The summed E-state index contributed by atoms with van der Waals surface area (Å²) < 4.78 is 0. The Labute approximate surface area is 119 Å². The summed E-state index contributed by atoms with van der Waals surface area (Å²) in [6, 6.07) is 7.03. The van der Waals surface area contributed by atoms with E-state index in [4.69, 9.17) is 0 Å². The van der Waals surface area contributed by atoms with Crippen molar-refractivity contribution in [2.24, 2.45) is 0 Å². The Morgan fingerprint density at radius 1 is 1.21 bits per heavy atom. The van der Waals surface area contributed by atoms with E-state index in [9.17, 15) is 0 Å². The molecule has 0 aromatic heterocycles. The molecule has 0 aliphatic rings. The summed E-state index contributed by atoms with van der Waals surface area (Å²) in [5, 5.41) is 3.54. The lowest BCUT2D eigenvalue weighted by Gasteiger charge is -2.43. The molecule has 2 nitrogen and oxygen atoms in total. The molecule has 108 valence electrons. The monoisotopic (exact) mass is 262 g/mol. The Morgan fingerprint density at radius 3 is 2.11 bits per heavy atom. The lowest BCUT2D eigenvalue weighted by atomic mass is 9.82. The van der Waals surface area contributed by atoms with Crippen molar-refractivity contribution >= 4 is 0 Å². The summed E-state index contributed by atoms with van der Waals surface area (Å²) in [6.45, 7) is 9.05. The molecule has 0 aliphatic carbocycles. The molecule has 1 aromatic carbocycles. The first-order chi connectivity index (χ1) is 8.86. The van der Waals surface area contributed by atoms with Crippen LogP contribution < -0.4 is 5.32 Å². The number of nitrogens with one attached hydrogen (secondary N) is 1. The quantitative estimate of drug-likeness (QED) is 0.847. The maximum atomic E-state index is 3.54. The molecule has 0 saturated heterocycles. The summed E-state index contributed by atoms with van der Waals surface area (Å²) in [5.74, 6) is 0. The number of rotatable bonds is 6. The van der Waals surface area contributed by atoms with Crippen molar-refractivity contribution in [2.45, 2.75) is 52.1 Å². The Balaban J connectivity index is 3.06. The smallest absolute Gasteiger partial charge is 0.0328 e. The molecule has 0 saturated carbocycles. The van der Waals surface area contributed by atoms with Gasteiger partial charge < -0.3 is 10.2 Å². The fraction of sp³-hybridized carbons (Fsp3) is 0.647. The van der Waals surface area contributed by atoms with Crippen molar-refractivity contribution < 1.29 is 0 Å². The van der Waals surface area contributed by atoms with Crippen LogP contribution in [0.5, 0.6) is 0 Å². The Morgan fingerprint density at radius 2 is 1.74 bits per heavy atom. The van der Waals surface area contributed by atoms with Crippen LogP contribution in [0.15, 0.2) is 18.2 Å². The first-order valence-electron chi connectivity index (χ1n) is 7.26. The molecule has 0 fully saturated rings. The van der Waals surface area contributed by atoms with E-state index in [1.807, 2.05) is 0 Å². The second-order valence-corrected chi connectivity index (χ2v) is 6.02. The molecular formula is C17H30N2. The molecule has 1 aromatic rings.